The topological polar surface area (TPSA) is 29.9 Å². The van der Waals surface area contributed by atoms with E-state index in [4.69, 9.17) is 0 Å². The van der Waals surface area contributed by atoms with Crippen molar-refractivity contribution in [3.8, 4) is 0 Å². The minimum atomic E-state index is 0.737. The average molecular weight is 243 g/mol. The Morgan fingerprint density at radius 2 is 2.47 bits per heavy atom. The van der Waals surface area contributed by atoms with Gasteiger partial charge in [0, 0.05) is 42.3 Å². The molecule has 1 aromatic rings. The molecule has 1 unspecified atom stereocenters. The third kappa shape index (κ3) is 3.08. The van der Waals surface area contributed by atoms with Crippen molar-refractivity contribution < 1.29 is 0 Å². The molecule has 1 aromatic heterocycles. The largest absolute Gasteiger partial charge is 0.355 e. The molecule has 1 saturated heterocycles. The van der Waals surface area contributed by atoms with Gasteiger partial charge in [-0.1, -0.05) is 0 Å². The summed E-state index contributed by atoms with van der Waals surface area (Å²) in [5, 5.41) is 4.16. The molecule has 15 heavy (non-hydrogen) atoms. The van der Waals surface area contributed by atoms with Crippen molar-refractivity contribution >= 4 is 29.5 Å². The normalized spacial score (nSPS) is 21.6. The van der Waals surface area contributed by atoms with Crippen LogP contribution in [0, 0.1) is 6.92 Å². The lowest BCUT2D eigenvalue weighted by Gasteiger charge is -2.21. The third-order valence-corrected chi connectivity index (χ3v) is 5.21. The van der Waals surface area contributed by atoms with Crippen LogP contribution in [-0.2, 0) is 7.05 Å². The monoisotopic (exact) mass is 243 g/mol. The number of rotatable bonds is 3. The molecule has 5 heteroatoms. The first kappa shape index (κ1) is 11.2. The molecule has 0 radical (unpaired) electrons. The van der Waals surface area contributed by atoms with E-state index in [0.717, 1.165) is 23.4 Å². The van der Waals surface area contributed by atoms with Gasteiger partial charge in [-0.25, -0.2) is 4.98 Å². The van der Waals surface area contributed by atoms with Crippen molar-refractivity contribution in [1.29, 1.82) is 0 Å². The van der Waals surface area contributed by atoms with E-state index < -0.39 is 0 Å². The Balaban J connectivity index is 1.84. The van der Waals surface area contributed by atoms with Crippen LogP contribution in [0.2, 0.25) is 0 Å². The number of thioether (sulfide) groups is 2. The summed E-state index contributed by atoms with van der Waals surface area (Å²) in [6, 6.07) is 0. The Bertz CT molecular complexity index is 318. The predicted molar refractivity (Wildman–Crippen MR) is 70.0 cm³/mol. The van der Waals surface area contributed by atoms with Gasteiger partial charge < -0.3 is 9.88 Å². The molecular weight excluding hydrogens is 226 g/mol. The highest BCUT2D eigenvalue weighted by atomic mass is 32.2. The zero-order valence-corrected chi connectivity index (χ0v) is 10.8. The van der Waals surface area contributed by atoms with Crippen molar-refractivity contribution in [2.75, 3.05) is 29.1 Å². The summed E-state index contributed by atoms with van der Waals surface area (Å²) in [4.78, 5) is 4.43. The molecular formula is C10H17N3S2. The first-order chi connectivity index (χ1) is 7.25. The fourth-order valence-corrected chi connectivity index (χ4v) is 4.25. The summed E-state index contributed by atoms with van der Waals surface area (Å²) in [6.45, 7) is 3.05. The van der Waals surface area contributed by atoms with E-state index in [1.54, 1.807) is 0 Å². The summed E-state index contributed by atoms with van der Waals surface area (Å²) in [5.41, 5.74) is 1.07. The van der Waals surface area contributed by atoms with Gasteiger partial charge in [0.2, 0.25) is 5.95 Å². The van der Waals surface area contributed by atoms with Gasteiger partial charge in [-0.2, -0.15) is 23.5 Å². The Morgan fingerprint density at radius 3 is 3.07 bits per heavy atom. The van der Waals surface area contributed by atoms with E-state index in [-0.39, 0.29) is 0 Å². The molecule has 3 nitrogen and oxygen atoms in total. The molecule has 0 amide bonds. The second-order valence-electron chi connectivity index (χ2n) is 3.77. The van der Waals surface area contributed by atoms with E-state index in [1.165, 1.54) is 17.3 Å². The lowest BCUT2D eigenvalue weighted by Crippen LogP contribution is -2.24. The van der Waals surface area contributed by atoms with Gasteiger partial charge in [-0.05, 0) is 6.92 Å². The highest BCUT2D eigenvalue weighted by Crippen LogP contribution is 2.24. The maximum atomic E-state index is 4.43. The first-order valence-electron chi connectivity index (χ1n) is 5.19. The summed E-state index contributed by atoms with van der Waals surface area (Å²) < 4.78 is 2.05. The second kappa shape index (κ2) is 5.16. The maximum Gasteiger partial charge on any atom is 0.202 e. The molecule has 1 fully saturated rings. The highest BCUT2D eigenvalue weighted by Gasteiger charge is 2.14. The van der Waals surface area contributed by atoms with Crippen LogP contribution in [0.25, 0.3) is 0 Å². The number of nitrogens with zero attached hydrogens (tertiary/aromatic N) is 2. The fraction of sp³-hybridized carbons (Fsp3) is 0.700. The van der Waals surface area contributed by atoms with Gasteiger partial charge in [-0.3, -0.25) is 0 Å². The van der Waals surface area contributed by atoms with E-state index in [1.807, 2.05) is 20.2 Å². The zero-order valence-electron chi connectivity index (χ0n) is 9.19. The van der Waals surface area contributed by atoms with Crippen molar-refractivity contribution in [3.05, 3.63) is 11.9 Å². The van der Waals surface area contributed by atoms with Crippen molar-refractivity contribution in [2.24, 2.45) is 7.05 Å². The molecule has 2 heterocycles. The zero-order chi connectivity index (χ0) is 10.7. The minimum Gasteiger partial charge on any atom is -0.355 e. The molecule has 0 spiro atoms. The standard InChI is InChI=1S/C10H17N3S2/c1-8-6-13(2)10(12-8)11-5-9-7-14-3-4-15-9/h6,9H,3-5,7H2,1-2H3,(H,11,12). The summed E-state index contributed by atoms with van der Waals surface area (Å²) >= 11 is 4.13. The predicted octanol–water partition coefficient (Wildman–Crippen LogP) is 1.99. The van der Waals surface area contributed by atoms with Crippen molar-refractivity contribution in [1.82, 2.24) is 9.55 Å². The maximum absolute atomic E-state index is 4.43. The molecule has 0 aromatic carbocycles. The van der Waals surface area contributed by atoms with E-state index in [0.29, 0.717) is 0 Å². The molecule has 0 aliphatic carbocycles. The Morgan fingerprint density at radius 1 is 1.60 bits per heavy atom. The summed E-state index contributed by atoms with van der Waals surface area (Å²) in [5.74, 6) is 4.85. The number of hydrogen-bond donors (Lipinski definition) is 1. The molecule has 1 aliphatic rings. The van der Waals surface area contributed by atoms with Gasteiger partial charge >= 0.3 is 0 Å². The molecule has 1 atom stereocenters. The van der Waals surface area contributed by atoms with Gasteiger partial charge in [0.1, 0.15) is 0 Å². The molecule has 2 rings (SSSR count). The average Bonchev–Trinajstić information content (AvgIpc) is 2.56. The summed E-state index contributed by atoms with van der Waals surface area (Å²) in [7, 11) is 2.03. The number of aromatic nitrogens is 2. The van der Waals surface area contributed by atoms with Crippen molar-refractivity contribution in [2.45, 2.75) is 12.2 Å². The molecule has 1 N–H and O–H groups in total. The molecule has 1 aliphatic heterocycles. The number of aryl methyl sites for hydroxylation is 2. The van der Waals surface area contributed by atoms with Crippen LogP contribution in [-0.4, -0.2) is 38.6 Å². The lowest BCUT2D eigenvalue weighted by molar-refractivity contribution is 0.887. The number of imidazole rings is 1. The van der Waals surface area contributed by atoms with Gasteiger partial charge in [0.25, 0.3) is 0 Å². The van der Waals surface area contributed by atoms with Gasteiger partial charge in [-0.15, -0.1) is 0 Å². The SMILES string of the molecule is Cc1cn(C)c(NCC2CSCCS2)n1. The Hall–Kier alpha value is -0.290. The third-order valence-electron chi connectivity index (χ3n) is 2.37. The van der Waals surface area contributed by atoms with Crippen LogP contribution in [0.1, 0.15) is 5.69 Å². The van der Waals surface area contributed by atoms with Crippen LogP contribution in [0.5, 0.6) is 0 Å². The van der Waals surface area contributed by atoms with Crippen LogP contribution < -0.4 is 5.32 Å². The number of hydrogen-bond acceptors (Lipinski definition) is 4. The minimum absolute atomic E-state index is 0.737. The van der Waals surface area contributed by atoms with E-state index in [2.05, 4.69) is 38.4 Å². The van der Waals surface area contributed by atoms with E-state index in [9.17, 15) is 0 Å². The molecule has 84 valence electrons. The molecule has 0 bridgehead atoms. The Labute approximate surface area is 99.4 Å². The van der Waals surface area contributed by atoms with Crippen LogP contribution in [0.3, 0.4) is 0 Å². The van der Waals surface area contributed by atoms with Crippen molar-refractivity contribution in [3.63, 3.8) is 0 Å². The van der Waals surface area contributed by atoms with Crippen LogP contribution in [0.4, 0.5) is 5.95 Å². The smallest absolute Gasteiger partial charge is 0.202 e. The van der Waals surface area contributed by atoms with Gasteiger partial charge in [0.15, 0.2) is 0 Å². The fourth-order valence-electron chi connectivity index (χ4n) is 1.64. The van der Waals surface area contributed by atoms with Crippen LogP contribution >= 0.6 is 23.5 Å². The second-order valence-corrected chi connectivity index (χ2v) is 6.32. The van der Waals surface area contributed by atoms with E-state index >= 15 is 0 Å². The van der Waals surface area contributed by atoms with Crippen LogP contribution in [0.15, 0.2) is 6.20 Å². The Kier molecular flexibility index (Phi) is 3.86. The number of anilines is 1. The first-order valence-corrected chi connectivity index (χ1v) is 7.39. The summed E-state index contributed by atoms with van der Waals surface area (Å²) in [6.07, 6.45) is 2.05. The molecule has 0 saturated carbocycles. The highest BCUT2D eigenvalue weighted by molar-refractivity contribution is 8.06. The number of nitrogens with one attached hydrogen (secondary N) is 1. The quantitative estimate of drug-likeness (QED) is 0.879. The lowest BCUT2D eigenvalue weighted by atomic mass is 10.5. The van der Waals surface area contributed by atoms with Gasteiger partial charge in [0.05, 0.1) is 5.69 Å².